The first kappa shape index (κ1) is 20.4. The number of benzene rings is 2. The Morgan fingerprint density at radius 3 is 2.27 bits per heavy atom. The Hall–Kier alpha value is -2.86. The van der Waals surface area contributed by atoms with Crippen molar-refractivity contribution in [2.24, 2.45) is 5.92 Å². The van der Waals surface area contributed by atoms with Gasteiger partial charge in [-0.2, -0.15) is 0 Å². The summed E-state index contributed by atoms with van der Waals surface area (Å²) in [5.74, 6) is 0.343. The fourth-order valence-corrected chi connectivity index (χ4v) is 4.31. The van der Waals surface area contributed by atoms with Crippen molar-refractivity contribution in [2.75, 3.05) is 39.3 Å². The van der Waals surface area contributed by atoms with Gasteiger partial charge in [0.1, 0.15) is 0 Å². The topological polar surface area (TPSA) is 55.9 Å². The van der Waals surface area contributed by atoms with E-state index < -0.39 is 0 Å². The van der Waals surface area contributed by atoms with Crippen LogP contribution in [0.15, 0.2) is 60.7 Å². The fourth-order valence-electron chi connectivity index (χ4n) is 4.31. The van der Waals surface area contributed by atoms with Gasteiger partial charge in [-0.15, -0.1) is 0 Å². The maximum Gasteiger partial charge on any atom is 0.320 e. The van der Waals surface area contributed by atoms with Gasteiger partial charge in [0, 0.05) is 64.7 Å². The lowest BCUT2D eigenvalue weighted by Gasteiger charge is -2.34. The van der Waals surface area contributed by atoms with Crippen LogP contribution in [0.5, 0.6) is 0 Å². The minimum atomic E-state index is 0.0781. The molecule has 4 rings (SSSR count). The predicted molar refractivity (Wildman–Crippen MR) is 117 cm³/mol. The number of hydrogen-bond acceptors (Lipinski definition) is 3. The van der Waals surface area contributed by atoms with Gasteiger partial charge in [-0.3, -0.25) is 4.79 Å². The summed E-state index contributed by atoms with van der Waals surface area (Å²) in [4.78, 5) is 31.7. The zero-order chi connectivity index (χ0) is 20.8. The van der Waals surface area contributed by atoms with Crippen molar-refractivity contribution in [3.8, 4) is 0 Å². The van der Waals surface area contributed by atoms with E-state index in [2.05, 4.69) is 29.6 Å². The van der Waals surface area contributed by atoms with Crippen LogP contribution >= 0.6 is 0 Å². The molecule has 0 saturated carbocycles. The summed E-state index contributed by atoms with van der Waals surface area (Å²) in [6.45, 7) is 5.65. The maximum absolute atomic E-state index is 13.3. The molecule has 2 saturated heterocycles. The smallest absolute Gasteiger partial charge is 0.320 e. The molecule has 2 fully saturated rings. The van der Waals surface area contributed by atoms with Crippen molar-refractivity contribution in [1.82, 2.24) is 20.0 Å². The molecule has 2 aliphatic heterocycles. The molecule has 158 valence electrons. The number of amides is 3. The van der Waals surface area contributed by atoms with E-state index in [0.29, 0.717) is 32.6 Å². The molecule has 3 amide bonds. The maximum atomic E-state index is 13.3. The highest BCUT2D eigenvalue weighted by molar-refractivity contribution is 5.79. The van der Waals surface area contributed by atoms with Gasteiger partial charge >= 0.3 is 6.03 Å². The molecule has 2 heterocycles. The summed E-state index contributed by atoms with van der Waals surface area (Å²) in [6, 6.07) is 20.3. The highest BCUT2D eigenvalue weighted by Crippen LogP contribution is 2.23. The van der Waals surface area contributed by atoms with E-state index in [9.17, 15) is 9.59 Å². The standard InChI is InChI=1S/C24H30N4O2/c29-23-15-22(18-27(23)16-20-7-3-1-4-8-20)19-28(17-21-9-5-2-6-10-21)24(30)26-13-11-25-12-14-26/h1-10,22,25H,11-19H2. The second-order valence-electron chi connectivity index (χ2n) is 8.22. The summed E-state index contributed by atoms with van der Waals surface area (Å²) >= 11 is 0. The van der Waals surface area contributed by atoms with Gasteiger partial charge in [0.25, 0.3) is 0 Å². The molecule has 1 unspecified atom stereocenters. The highest BCUT2D eigenvalue weighted by Gasteiger charge is 2.33. The van der Waals surface area contributed by atoms with Crippen LogP contribution in [0.2, 0.25) is 0 Å². The Morgan fingerprint density at radius 1 is 0.967 bits per heavy atom. The summed E-state index contributed by atoms with van der Waals surface area (Å²) in [6.07, 6.45) is 0.507. The lowest BCUT2D eigenvalue weighted by Crippen LogP contribution is -2.52. The molecule has 6 heteroatoms. The van der Waals surface area contributed by atoms with E-state index in [1.807, 2.05) is 51.1 Å². The second kappa shape index (κ2) is 9.76. The number of likely N-dealkylation sites (tertiary alicyclic amines) is 1. The van der Waals surface area contributed by atoms with Gasteiger partial charge in [0.2, 0.25) is 5.91 Å². The lowest BCUT2D eigenvalue weighted by molar-refractivity contribution is -0.128. The van der Waals surface area contributed by atoms with Crippen LogP contribution in [0.3, 0.4) is 0 Å². The van der Waals surface area contributed by atoms with Crippen molar-refractivity contribution in [1.29, 1.82) is 0 Å². The van der Waals surface area contributed by atoms with E-state index in [-0.39, 0.29) is 17.9 Å². The molecular weight excluding hydrogens is 376 g/mol. The van der Waals surface area contributed by atoms with Crippen LogP contribution < -0.4 is 5.32 Å². The average Bonchev–Trinajstić information content (AvgIpc) is 3.13. The van der Waals surface area contributed by atoms with Gasteiger partial charge in [-0.25, -0.2) is 4.79 Å². The SMILES string of the molecule is O=C1CC(CN(Cc2ccccc2)C(=O)N2CCNCC2)CN1Cc1ccccc1. The van der Waals surface area contributed by atoms with Crippen LogP contribution in [0.4, 0.5) is 4.79 Å². The molecule has 0 aromatic heterocycles. The molecule has 2 aliphatic rings. The van der Waals surface area contributed by atoms with E-state index in [4.69, 9.17) is 0 Å². The van der Waals surface area contributed by atoms with Crippen LogP contribution in [-0.4, -0.2) is 65.9 Å². The van der Waals surface area contributed by atoms with Gasteiger partial charge in [-0.1, -0.05) is 60.7 Å². The van der Waals surface area contributed by atoms with Crippen molar-refractivity contribution < 1.29 is 9.59 Å². The number of carbonyl (C=O) groups excluding carboxylic acids is 2. The third-order valence-electron chi connectivity index (χ3n) is 5.86. The number of rotatable bonds is 6. The lowest BCUT2D eigenvalue weighted by atomic mass is 10.1. The number of nitrogens with one attached hydrogen (secondary N) is 1. The van der Waals surface area contributed by atoms with E-state index >= 15 is 0 Å². The van der Waals surface area contributed by atoms with E-state index in [1.54, 1.807) is 0 Å². The van der Waals surface area contributed by atoms with Crippen LogP contribution in [0.1, 0.15) is 17.5 Å². The highest BCUT2D eigenvalue weighted by atomic mass is 16.2. The van der Waals surface area contributed by atoms with E-state index in [0.717, 1.165) is 37.3 Å². The van der Waals surface area contributed by atoms with Gasteiger partial charge in [-0.05, 0) is 11.1 Å². The van der Waals surface area contributed by atoms with Crippen LogP contribution in [0.25, 0.3) is 0 Å². The molecule has 6 nitrogen and oxygen atoms in total. The number of piperazine rings is 1. The summed E-state index contributed by atoms with van der Waals surface area (Å²) < 4.78 is 0. The molecular formula is C24H30N4O2. The number of nitrogens with zero attached hydrogens (tertiary/aromatic N) is 3. The molecule has 1 N–H and O–H groups in total. The Kier molecular flexibility index (Phi) is 6.64. The first-order valence-electron chi connectivity index (χ1n) is 10.8. The number of urea groups is 1. The van der Waals surface area contributed by atoms with Gasteiger partial charge in [0.05, 0.1) is 0 Å². The van der Waals surface area contributed by atoms with Crippen molar-refractivity contribution in [3.05, 3.63) is 71.8 Å². The Balaban J connectivity index is 1.43. The van der Waals surface area contributed by atoms with Gasteiger partial charge in [0.15, 0.2) is 0 Å². The van der Waals surface area contributed by atoms with Crippen LogP contribution in [-0.2, 0) is 17.9 Å². The zero-order valence-electron chi connectivity index (χ0n) is 17.4. The van der Waals surface area contributed by atoms with E-state index in [1.165, 1.54) is 0 Å². The normalized spacial score (nSPS) is 19.2. The summed E-state index contributed by atoms with van der Waals surface area (Å²) in [5, 5.41) is 3.30. The Morgan fingerprint density at radius 2 is 1.60 bits per heavy atom. The molecule has 1 atom stereocenters. The van der Waals surface area contributed by atoms with Crippen molar-refractivity contribution in [2.45, 2.75) is 19.5 Å². The number of carbonyl (C=O) groups is 2. The monoisotopic (exact) mass is 406 g/mol. The van der Waals surface area contributed by atoms with Crippen LogP contribution in [0, 0.1) is 5.92 Å². The molecule has 0 aliphatic carbocycles. The largest absolute Gasteiger partial charge is 0.338 e. The molecule has 2 aromatic carbocycles. The Bertz CT molecular complexity index is 837. The minimum absolute atomic E-state index is 0.0781. The Labute approximate surface area is 178 Å². The van der Waals surface area contributed by atoms with Crippen molar-refractivity contribution in [3.63, 3.8) is 0 Å². The second-order valence-corrected chi connectivity index (χ2v) is 8.22. The predicted octanol–water partition coefficient (Wildman–Crippen LogP) is 2.56. The third-order valence-corrected chi connectivity index (χ3v) is 5.86. The minimum Gasteiger partial charge on any atom is -0.338 e. The van der Waals surface area contributed by atoms with Gasteiger partial charge < -0.3 is 20.0 Å². The first-order valence-corrected chi connectivity index (χ1v) is 10.8. The molecule has 2 aromatic rings. The quantitative estimate of drug-likeness (QED) is 0.802. The summed E-state index contributed by atoms with van der Waals surface area (Å²) in [5.41, 5.74) is 2.26. The first-order chi connectivity index (χ1) is 14.7. The fraction of sp³-hybridized carbons (Fsp3) is 0.417. The van der Waals surface area contributed by atoms with Crippen molar-refractivity contribution >= 4 is 11.9 Å². The summed E-state index contributed by atoms with van der Waals surface area (Å²) in [7, 11) is 0. The average molecular weight is 407 g/mol. The third kappa shape index (κ3) is 5.19. The molecule has 0 bridgehead atoms. The molecule has 0 radical (unpaired) electrons. The number of hydrogen-bond donors (Lipinski definition) is 1. The molecule has 0 spiro atoms. The zero-order valence-corrected chi connectivity index (χ0v) is 17.4. The molecule has 30 heavy (non-hydrogen) atoms.